The Balaban J connectivity index is 1.41. The molecule has 2 amide bonds. The lowest BCUT2D eigenvalue weighted by Gasteiger charge is -2.29. The zero-order valence-electron chi connectivity index (χ0n) is 17.1. The molecule has 5 heteroatoms. The first-order valence-corrected chi connectivity index (χ1v) is 10.7. The predicted octanol–water partition coefficient (Wildman–Crippen LogP) is 4.29. The minimum Gasteiger partial charge on any atom is -0.372 e. The van der Waals surface area contributed by atoms with E-state index in [2.05, 4.69) is 34.5 Å². The van der Waals surface area contributed by atoms with Gasteiger partial charge in [-0.3, -0.25) is 9.59 Å². The predicted molar refractivity (Wildman–Crippen MR) is 116 cm³/mol. The maximum absolute atomic E-state index is 12.8. The minimum absolute atomic E-state index is 0.0880. The quantitative estimate of drug-likeness (QED) is 0.827. The summed E-state index contributed by atoms with van der Waals surface area (Å²) in [7, 11) is 0. The molecule has 5 nitrogen and oxygen atoms in total. The Labute approximate surface area is 172 Å². The van der Waals surface area contributed by atoms with Gasteiger partial charge in [0.15, 0.2) is 0 Å². The lowest BCUT2D eigenvalue weighted by Crippen LogP contribution is -2.29. The lowest BCUT2D eigenvalue weighted by atomic mass is 10.1. The number of piperidine rings is 1. The van der Waals surface area contributed by atoms with Gasteiger partial charge >= 0.3 is 0 Å². The van der Waals surface area contributed by atoms with E-state index in [1.54, 1.807) is 11.0 Å². The van der Waals surface area contributed by atoms with Crippen molar-refractivity contribution >= 4 is 23.2 Å². The standard InChI is InChI=1S/C24H29N3O2/c1-18(19-10-12-21(13-11-19)26-14-3-2-4-15-26)25-24(29)20-7-5-8-22(17-20)27-16-6-9-23(27)28/h5,7-8,10-13,17-18H,2-4,6,9,14-16H2,1H3,(H,25,29)/t18-/m0/s1. The molecular formula is C24H29N3O2. The number of nitrogens with zero attached hydrogens (tertiary/aromatic N) is 2. The third-order valence-electron chi connectivity index (χ3n) is 5.96. The minimum atomic E-state index is -0.119. The molecule has 2 aromatic rings. The smallest absolute Gasteiger partial charge is 0.251 e. The zero-order valence-corrected chi connectivity index (χ0v) is 17.1. The molecule has 2 aliphatic rings. The van der Waals surface area contributed by atoms with Gasteiger partial charge in [0, 0.05) is 43.0 Å². The van der Waals surface area contributed by atoms with E-state index in [4.69, 9.17) is 0 Å². The zero-order chi connectivity index (χ0) is 20.2. The molecule has 0 saturated carbocycles. The number of hydrogen-bond acceptors (Lipinski definition) is 3. The highest BCUT2D eigenvalue weighted by Gasteiger charge is 2.22. The van der Waals surface area contributed by atoms with E-state index in [0.717, 1.165) is 37.3 Å². The molecule has 0 aromatic heterocycles. The third-order valence-corrected chi connectivity index (χ3v) is 5.96. The molecule has 2 heterocycles. The number of amides is 2. The van der Waals surface area contributed by atoms with Crippen molar-refractivity contribution in [1.29, 1.82) is 0 Å². The van der Waals surface area contributed by atoms with Crippen LogP contribution < -0.4 is 15.1 Å². The molecule has 2 saturated heterocycles. The Hall–Kier alpha value is -2.82. The summed E-state index contributed by atoms with van der Waals surface area (Å²) >= 11 is 0. The van der Waals surface area contributed by atoms with Crippen LogP contribution in [-0.4, -0.2) is 31.4 Å². The summed E-state index contributed by atoms with van der Waals surface area (Å²) in [6.45, 7) is 4.98. The van der Waals surface area contributed by atoms with Crippen LogP contribution in [0.5, 0.6) is 0 Å². The number of nitrogens with one attached hydrogen (secondary N) is 1. The molecule has 0 spiro atoms. The van der Waals surface area contributed by atoms with Crippen LogP contribution in [0.1, 0.15) is 61.0 Å². The molecule has 0 unspecified atom stereocenters. The molecule has 1 atom stereocenters. The van der Waals surface area contributed by atoms with Gasteiger partial charge in [-0.15, -0.1) is 0 Å². The lowest BCUT2D eigenvalue weighted by molar-refractivity contribution is -0.117. The van der Waals surface area contributed by atoms with Crippen LogP contribution in [0.25, 0.3) is 0 Å². The van der Waals surface area contributed by atoms with Crippen molar-refractivity contribution in [3.05, 3.63) is 59.7 Å². The van der Waals surface area contributed by atoms with Gasteiger partial charge in [-0.2, -0.15) is 0 Å². The number of hydrogen-bond donors (Lipinski definition) is 1. The van der Waals surface area contributed by atoms with Gasteiger partial charge in [-0.25, -0.2) is 0 Å². The maximum atomic E-state index is 12.8. The average molecular weight is 392 g/mol. The van der Waals surface area contributed by atoms with Crippen molar-refractivity contribution in [1.82, 2.24) is 5.32 Å². The molecule has 2 aromatic carbocycles. The van der Waals surface area contributed by atoms with Crippen molar-refractivity contribution in [3.8, 4) is 0 Å². The van der Waals surface area contributed by atoms with Crippen LogP contribution in [0.15, 0.2) is 48.5 Å². The van der Waals surface area contributed by atoms with Gasteiger partial charge < -0.3 is 15.1 Å². The van der Waals surface area contributed by atoms with Crippen molar-refractivity contribution < 1.29 is 9.59 Å². The van der Waals surface area contributed by atoms with E-state index in [0.29, 0.717) is 12.0 Å². The molecule has 1 N–H and O–H groups in total. The van der Waals surface area contributed by atoms with E-state index in [1.807, 2.05) is 25.1 Å². The molecule has 29 heavy (non-hydrogen) atoms. The third kappa shape index (κ3) is 4.44. The molecule has 4 rings (SSSR count). The van der Waals surface area contributed by atoms with Crippen molar-refractivity contribution in [3.63, 3.8) is 0 Å². The first-order chi connectivity index (χ1) is 14.1. The fourth-order valence-electron chi connectivity index (χ4n) is 4.23. The normalized spacial score (nSPS) is 18.0. The second kappa shape index (κ2) is 8.68. The van der Waals surface area contributed by atoms with Gasteiger partial charge in [0.1, 0.15) is 0 Å². The van der Waals surface area contributed by atoms with E-state index in [9.17, 15) is 9.59 Å². The second-order valence-corrected chi connectivity index (χ2v) is 8.03. The second-order valence-electron chi connectivity index (χ2n) is 8.03. The average Bonchev–Trinajstić information content (AvgIpc) is 3.20. The molecule has 152 valence electrons. The highest BCUT2D eigenvalue weighted by Crippen LogP contribution is 2.24. The number of carbonyl (C=O) groups is 2. The first kappa shape index (κ1) is 19.5. The van der Waals surface area contributed by atoms with E-state index < -0.39 is 0 Å². The Kier molecular flexibility index (Phi) is 5.84. The van der Waals surface area contributed by atoms with Crippen LogP contribution >= 0.6 is 0 Å². The van der Waals surface area contributed by atoms with E-state index >= 15 is 0 Å². The fraction of sp³-hybridized carbons (Fsp3) is 0.417. The van der Waals surface area contributed by atoms with E-state index in [-0.39, 0.29) is 17.9 Å². The topological polar surface area (TPSA) is 52.7 Å². The maximum Gasteiger partial charge on any atom is 0.251 e. The van der Waals surface area contributed by atoms with Crippen molar-refractivity contribution in [2.24, 2.45) is 0 Å². The number of rotatable bonds is 5. The number of anilines is 2. The Morgan fingerprint density at radius 1 is 0.931 bits per heavy atom. The highest BCUT2D eigenvalue weighted by molar-refractivity contribution is 5.99. The Morgan fingerprint density at radius 2 is 1.69 bits per heavy atom. The van der Waals surface area contributed by atoms with Gasteiger partial charge in [0.25, 0.3) is 5.91 Å². The van der Waals surface area contributed by atoms with Crippen LogP contribution in [0, 0.1) is 0 Å². The summed E-state index contributed by atoms with van der Waals surface area (Å²) in [6, 6.07) is 15.8. The van der Waals surface area contributed by atoms with Crippen LogP contribution in [0.3, 0.4) is 0 Å². The summed E-state index contributed by atoms with van der Waals surface area (Å²) in [5.74, 6) is 0.0100. The number of benzene rings is 2. The molecular weight excluding hydrogens is 362 g/mol. The summed E-state index contributed by atoms with van der Waals surface area (Å²) in [5.41, 5.74) is 3.73. The van der Waals surface area contributed by atoms with Gasteiger partial charge in [-0.1, -0.05) is 18.2 Å². The van der Waals surface area contributed by atoms with Crippen molar-refractivity contribution in [2.45, 2.75) is 45.1 Å². The molecule has 0 bridgehead atoms. The first-order valence-electron chi connectivity index (χ1n) is 10.7. The van der Waals surface area contributed by atoms with E-state index in [1.165, 1.54) is 24.9 Å². The molecule has 0 aliphatic carbocycles. The molecule has 2 aliphatic heterocycles. The Bertz CT molecular complexity index is 872. The summed E-state index contributed by atoms with van der Waals surface area (Å²) < 4.78 is 0. The van der Waals surface area contributed by atoms with Gasteiger partial charge in [0.2, 0.25) is 5.91 Å². The van der Waals surface area contributed by atoms with Crippen molar-refractivity contribution in [2.75, 3.05) is 29.4 Å². The fourth-order valence-corrected chi connectivity index (χ4v) is 4.23. The number of carbonyl (C=O) groups excluding carboxylic acids is 2. The summed E-state index contributed by atoms with van der Waals surface area (Å²) in [5, 5.41) is 3.08. The van der Waals surface area contributed by atoms with Gasteiger partial charge in [-0.05, 0) is 68.5 Å². The molecule has 2 fully saturated rings. The van der Waals surface area contributed by atoms with Crippen LogP contribution in [-0.2, 0) is 4.79 Å². The van der Waals surface area contributed by atoms with Crippen LogP contribution in [0.4, 0.5) is 11.4 Å². The van der Waals surface area contributed by atoms with Crippen LogP contribution in [0.2, 0.25) is 0 Å². The SMILES string of the molecule is C[C@H](NC(=O)c1cccc(N2CCCC2=O)c1)c1ccc(N2CCCCC2)cc1. The summed E-state index contributed by atoms with van der Waals surface area (Å²) in [4.78, 5) is 28.9. The molecule has 0 radical (unpaired) electrons. The summed E-state index contributed by atoms with van der Waals surface area (Å²) in [6.07, 6.45) is 5.30. The Morgan fingerprint density at radius 3 is 2.38 bits per heavy atom. The largest absolute Gasteiger partial charge is 0.372 e. The highest BCUT2D eigenvalue weighted by atomic mass is 16.2. The monoisotopic (exact) mass is 391 g/mol. The van der Waals surface area contributed by atoms with Gasteiger partial charge in [0.05, 0.1) is 6.04 Å².